The number of nitrogens with zero attached hydrogens (tertiary/aromatic N) is 1. The molecule has 138 valence electrons. The first kappa shape index (κ1) is 18.7. The molecule has 0 radical (unpaired) electrons. The van der Waals surface area contributed by atoms with E-state index in [0.29, 0.717) is 0 Å². The summed E-state index contributed by atoms with van der Waals surface area (Å²) in [6.07, 6.45) is 8.41. The van der Waals surface area contributed by atoms with Crippen molar-refractivity contribution in [1.29, 1.82) is 5.26 Å². The van der Waals surface area contributed by atoms with Crippen molar-refractivity contribution in [1.82, 2.24) is 9.97 Å². The molecule has 0 unspecified atom stereocenters. The van der Waals surface area contributed by atoms with E-state index in [1.807, 2.05) is 24.4 Å². The minimum atomic E-state index is -0.170. The number of nitriles is 1. The Morgan fingerprint density at radius 3 is 2.26 bits per heavy atom. The second kappa shape index (κ2) is 8.55. The predicted octanol–water partition coefficient (Wildman–Crippen LogP) is 6.25. The van der Waals surface area contributed by atoms with E-state index in [9.17, 15) is 4.39 Å². The van der Waals surface area contributed by atoms with Crippen LogP contribution in [0.2, 0.25) is 0 Å². The Bertz CT molecular complexity index is 1080. The number of H-pyrrole nitrogens is 2. The van der Waals surface area contributed by atoms with Crippen LogP contribution in [0.15, 0.2) is 48.8 Å². The van der Waals surface area contributed by atoms with Gasteiger partial charge in [0.05, 0.1) is 11.6 Å². The second-order valence-corrected chi connectivity index (χ2v) is 6.65. The van der Waals surface area contributed by atoms with Crippen molar-refractivity contribution in [2.45, 2.75) is 39.5 Å². The Balaban J connectivity index is 0.000000159. The molecule has 3 nitrogen and oxygen atoms in total. The van der Waals surface area contributed by atoms with Crippen LogP contribution in [0.3, 0.4) is 0 Å². The molecule has 2 N–H and O–H groups in total. The van der Waals surface area contributed by atoms with Gasteiger partial charge in [-0.2, -0.15) is 5.26 Å². The van der Waals surface area contributed by atoms with Gasteiger partial charge in [0.1, 0.15) is 5.82 Å². The summed E-state index contributed by atoms with van der Waals surface area (Å²) in [5.41, 5.74) is 5.36. The van der Waals surface area contributed by atoms with Gasteiger partial charge in [0.15, 0.2) is 0 Å². The summed E-state index contributed by atoms with van der Waals surface area (Å²) >= 11 is 0. The lowest BCUT2D eigenvalue weighted by atomic mass is 10.1. The number of halogens is 1. The van der Waals surface area contributed by atoms with E-state index in [4.69, 9.17) is 5.26 Å². The minimum absolute atomic E-state index is 0.170. The van der Waals surface area contributed by atoms with Gasteiger partial charge >= 0.3 is 0 Å². The summed E-state index contributed by atoms with van der Waals surface area (Å²) in [6, 6.07) is 12.8. The topological polar surface area (TPSA) is 55.4 Å². The Morgan fingerprint density at radius 2 is 1.59 bits per heavy atom. The average Bonchev–Trinajstić information content (AvgIpc) is 3.29. The normalized spacial score (nSPS) is 10.6. The first-order valence-electron chi connectivity index (χ1n) is 9.41. The minimum Gasteiger partial charge on any atom is -0.361 e. The third kappa shape index (κ3) is 4.20. The standard InChI is InChI=1S/C13H14N2.C10H10FN/c1-2-3-4-11-9-15-13-6-5-10(8-14)7-12(11)13;1-2-7-6-12-10-4-3-8(11)5-9(7)10/h5-7,9,15H,2-4H2,1H3;3-6,12H,2H2,1H3. The average molecular weight is 361 g/mol. The van der Waals surface area contributed by atoms with Crippen LogP contribution >= 0.6 is 0 Å². The summed E-state index contributed by atoms with van der Waals surface area (Å²) in [6.45, 7) is 4.25. The Labute approximate surface area is 158 Å². The summed E-state index contributed by atoms with van der Waals surface area (Å²) in [7, 11) is 0. The van der Waals surface area contributed by atoms with E-state index in [2.05, 4.69) is 36.1 Å². The number of nitrogens with one attached hydrogen (secondary N) is 2. The number of hydrogen-bond donors (Lipinski definition) is 2. The molecule has 0 fully saturated rings. The molecule has 0 atom stereocenters. The third-order valence-corrected chi connectivity index (χ3v) is 4.81. The quantitative estimate of drug-likeness (QED) is 0.443. The second-order valence-electron chi connectivity index (χ2n) is 6.65. The highest BCUT2D eigenvalue weighted by molar-refractivity contribution is 5.84. The van der Waals surface area contributed by atoms with E-state index in [1.54, 1.807) is 12.1 Å². The van der Waals surface area contributed by atoms with Crippen molar-refractivity contribution < 1.29 is 4.39 Å². The van der Waals surface area contributed by atoms with E-state index in [1.165, 1.54) is 35.4 Å². The number of benzene rings is 2. The lowest BCUT2D eigenvalue weighted by Crippen LogP contribution is -1.82. The number of aromatic nitrogens is 2. The van der Waals surface area contributed by atoms with Crippen LogP contribution in [0, 0.1) is 17.1 Å². The highest BCUT2D eigenvalue weighted by Crippen LogP contribution is 2.21. The van der Waals surface area contributed by atoms with E-state index >= 15 is 0 Å². The largest absolute Gasteiger partial charge is 0.361 e. The molecule has 0 aliphatic rings. The van der Waals surface area contributed by atoms with Gasteiger partial charge in [-0.1, -0.05) is 20.3 Å². The molecule has 0 saturated carbocycles. The number of unbranched alkanes of at least 4 members (excludes halogenated alkanes) is 1. The molecule has 0 aliphatic carbocycles. The third-order valence-electron chi connectivity index (χ3n) is 4.81. The molecule has 2 aromatic heterocycles. The van der Waals surface area contributed by atoms with Gasteiger partial charge < -0.3 is 9.97 Å². The van der Waals surface area contributed by atoms with Crippen molar-refractivity contribution >= 4 is 21.8 Å². The van der Waals surface area contributed by atoms with Gasteiger partial charge in [-0.25, -0.2) is 4.39 Å². The van der Waals surface area contributed by atoms with E-state index in [-0.39, 0.29) is 5.82 Å². The number of aryl methyl sites for hydroxylation is 2. The summed E-state index contributed by atoms with van der Waals surface area (Å²) in [5, 5.41) is 11.0. The fraction of sp³-hybridized carbons (Fsp3) is 0.261. The lowest BCUT2D eigenvalue weighted by molar-refractivity contribution is 0.629. The zero-order chi connectivity index (χ0) is 19.2. The Hall–Kier alpha value is -3.06. The molecule has 0 bridgehead atoms. The van der Waals surface area contributed by atoms with Crippen molar-refractivity contribution in [3.05, 3.63) is 71.3 Å². The molecule has 0 aliphatic heterocycles. The van der Waals surface area contributed by atoms with Gasteiger partial charge in [-0.05, 0) is 66.8 Å². The molecule has 2 heterocycles. The van der Waals surface area contributed by atoms with Crippen LogP contribution in [0.25, 0.3) is 21.8 Å². The molecule has 27 heavy (non-hydrogen) atoms. The van der Waals surface area contributed by atoms with Crippen LogP contribution < -0.4 is 0 Å². The van der Waals surface area contributed by atoms with Crippen molar-refractivity contribution in [2.75, 3.05) is 0 Å². The zero-order valence-electron chi connectivity index (χ0n) is 15.8. The fourth-order valence-electron chi connectivity index (χ4n) is 3.27. The highest BCUT2D eigenvalue weighted by Gasteiger charge is 2.04. The Morgan fingerprint density at radius 1 is 0.926 bits per heavy atom. The zero-order valence-corrected chi connectivity index (χ0v) is 15.8. The smallest absolute Gasteiger partial charge is 0.123 e. The molecule has 0 amide bonds. The van der Waals surface area contributed by atoms with Gasteiger partial charge in [0.2, 0.25) is 0 Å². The maximum absolute atomic E-state index is 12.8. The van der Waals surface area contributed by atoms with E-state index < -0.39 is 0 Å². The van der Waals surface area contributed by atoms with Crippen LogP contribution in [-0.2, 0) is 12.8 Å². The molecular weight excluding hydrogens is 337 g/mol. The predicted molar refractivity (Wildman–Crippen MR) is 109 cm³/mol. The molecule has 4 rings (SSSR count). The van der Waals surface area contributed by atoms with Crippen molar-refractivity contribution in [3.63, 3.8) is 0 Å². The maximum Gasteiger partial charge on any atom is 0.123 e. The van der Waals surface area contributed by atoms with Gasteiger partial charge in [-0.15, -0.1) is 0 Å². The number of aromatic amines is 2. The number of hydrogen-bond acceptors (Lipinski definition) is 1. The summed E-state index contributed by atoms with van der Waals surface area (Å²) in [5.74, 6) is -0.170. The lowest BCUT2D eigenvalue weighted by Gasteiger charge is -1.97. The van der Waals surface area contributed by atoms with Crippen LogP contribution in [0.5, 0.6) is 0 Å². The van der Waals surface area contributed by atoms with E-state index in [0.717, 1.165) is 34.8 Å². The molecule has 0 spiro atoms. The van der Waals surface area contributed by atoms with Gasteiger partial charge in [-0.3, -0.25) is 0 Å². The summed E-state index contributed by atoms with van der Waals surface area (Å²) in [4.78, 5) is 6.34. The SMILES string of the molecule is CCCCc1c[nH]c2ccc(C#N)cc12.CCc1c[nH]c2ccc(F)cc12. The van der Waals surface area contributed by atoms with Crippen molar-refractivity contribution in [3.8, 4) is 6.07 Å². The first-order valence-corrected chi connectivity index (χ1v) is 9.41. The van der Waals surface area contributed by atoms with Gasteiger partial charge in [0, 0.05) is 34.2 Å². The van der Waals surface area contributed by atoms with Crippen LogP contribution in [0.1, 0.15) is 43.4 Å². The highest BCUT2D eigenvalue weighted by atomic mass is 19.1. The molecular formula is C23H24FN3. The molecule has 2 aromatic carbocycles. The number of rotatable bonds is 4. The maximum atomic E-state index is 12.8. The molecule has 0 saturated heterocycles. The summed E-state index contributed by atoms with van der Waals surface area (Å²) < 4.78 is 12.8. The van der Waals surface area contributed by atoms with Crippen LogP contribution in [-0.4, -0.2) is 9.97 Å². The first-order chi connectivity index (χ1) is 13.2. The van der Waals surface area contributed by atoms with Crippen LogP contribution in [0.4, 0.5) is 4.39 Å². The Kier molecular flexibility index (Phi) is 5.93. The number of fused-ring (bicyclic) bond motifs is 2. The molecule has 4 aromatic rings. The molecule has 4 heteroatoms. The van der Waals surface area contributed by atoms with Gasteiger partial charge in [0.25, 0.3) is 0 Å². The monoisotopic (exact) mass is 361 g/mol. The van der Waals surface area contributed by atoms with Crippen molar-refractivity contribution in [2.24, 2.45) is 0 Å². The fourth-order valence-corrected chi connectivity index (χ4v) is 3.27.